The summed E-state index contributed by atoms with van der Waals surface area (Å²) in [5.74, 6) is 1.16. The summed E-state index contributed by atoms with van der Waals surface area (Å²) in [5, 5.41) is 10.6. The molecule has 0 aliphatic carbocycles. The van der Waals surface area contributed by atoms with Gasteiger partial charge in [-0.1, -0.05) is 5.21 Å². The van der Waals surface area contributed by atoms with Gasteiger partial charge in [0, 0.05) is 44.0 Å². The fourth-order valence-electron chi connectivity index (χ4n) is 2.35. The zero-order valence-electron chi connectivity index (χ0n) is 10.6. The summed E-state index contributed by atoms with van der Waals surface area (Å²) in [4.78, 5) is 16.1. The molecule has 0 saturated carbocycles. The lowest BCUT2D eigenvalue weighted by atomic mass is 10.1. The van der Waals surface area contributed by atoms with Gasteiger partial charge in [0.15, 0.2) is 0 Å². The van der Waals surface area contributed by atoms with Crippen LogP contribution in [-0.2, 0) is 24.3 Å². The highest BCUT2D eigenvalue weighted by molar-refractivity contribution is 5.76. The number of aryl methyl sites for hydroxylation is 2. The molecule has 1 aliphatic heterocycles. The van der Waals surface area contributed by atoms with Crippen molar-refractivity contribution < 1.29 is 4.79 Å². The lowest BCUT2D eigenvalue weighted by Gasteiger charge is -2.24. The van der Waals surface area contributed by atoms with E-state index >= 15 is 0 Å². The second kappa shape index (κ2) is 5.21. The number of carbonyl (C=O) groups excluding carboxylic acids is 1. The zero-order valence-corrected chi connectivity index (χ0v) is 10.6. The van der Waals surface area contributed by atoms with E-state index in [0.717, 1.165) is 25.2 Å². The van der Waals surface area contributed by atoms with Crippen LogP contribution in [0.2, 0.25) is 0 Å². The molecule has 0 radical (unpaired) electrons. The number of carbonyl (C=O) groups is 1. The molecule has 0 spiro atoms. The Morgan fingerprint density at radius 3 is 3.21 bits per heavy atom. The number of amides is 1. The first-order valence-electron chi connectivity index (χ1n) is 6.45. The zero-order chi connectivity index (χ0) is 13.1. The maximum Gasteiger partial charge on any atom is 0.222 e. The second-order valence-electron chi connectivity index (χ2n) is 4.72. The van der Waals surface area contributed by atoms with Crippen LogP contribution in [0.3, 0.4) is 0 Å². The number of imidazole rings is 1. The Balaban J connectivity index is 1.48. The van der Waals surface area contributed by atoms with Gasteiger partial charge in [0.2, 0.25) is 5.91 Å². The smallest absolute Gasteiger partial charge is 0.222 e. The largest absolute Gasteiger partial charge is 0.352 e. The monoisotopic (exact) mass is 260 g/mol. The van der Waals surface area contributed by atoms with Crippen LogP contribution in [0.15, 0.2) is 24.8 Å². The fourth-order valence-corrected chi connectivity index (χ4v) is 2.35. The number of fused-ring (bicyclic) bond motifs is 1. The Morgan fingerprint density at radius 1 is 1.42 bits per heavy atom. The van der Waals surface area contributed by atoms with Gasteiger partial charge < -0.3 is 9.88 Å². The molecular weight excluding hydrogens is 244 g/mol. The molecule has 3 heterocycles. The Hall–Kier alpha value is -2.18. The number of hydrogen-bond donors (Lipinski definition) is 1. The van der Waals surface area contributed by atoms with Crippen LogP contribution in [0.5, 0.6) is 0 Å². The number of hydrogen-bond acceptors (Lipinski definition) is 4. The van der Waals surface area contributed by atoms with Crippen LogP contribution in [0.25, 0.3) is 0 Å². The van der Waals surface area contributed by atoms with Gasteiger partial charge >= 0.3 is 0 Å². The molecule has 1 unspecified atom stereocenters. The summed E-state index contributed by atoms with van der Waals surface area (Å²) in [7, 11) is 0. The minimum Gasteiger partial charge on any atom is -0.352 e. The summed E-state index contributed by atoms with van der Waals surface area (Å²) in [6.45, 7) is 1.37. The van der Waals surface area contributed by atoms with Gasteiger partial charge in [-0.05, 0) is 6.42 Å². The fraction of sp³-hybridized carbons (Fsp3) is 0.500. The van der Waals surface area contributed by atoms with Gasteiger partial charge in [0.1, 0.15) is 5.82 Å². The van der Waals surface area contributed by atoms with E-state index in [1.54, 1.807) is 17.1 Å². The van der Waals surface area contributed by atoms with E-state index in [9.17, 15) is 4.79 Å². The lowest BCUT2D eigenvalue weighted by molar-refractivity contribution is -0.122. The molecule has 19 heavy (non-hydrogen) atoms. The van der Waals surface area contributed by atoms with Crippen LogP contribution < -0.4 is 5.32 Å². The molecule has 1 N–H and O–H groups in total. The van der Waals surface area contributed by atoms with E-state index < -0.39 is 0 Å². The van der Waals surface area contributed by atoms with Crippen molar-refractivity contribution in [2.45, 2.75) is 38.4 Å². The topological polar surface area (TPSA) is 77.6 Å². The van der Waals surface area contributed by atoms with E-state index in [2.05, 4.69) is 25.2 Å². The maximum atomic E-state index is 11.9. The Morgan fingerprint density at radius 2 is 2.37 bits per heavy atom. The molecule has 0 bridgehead atoms. The van der Waals surface area contributed by atoms with Crippen LogP contribution in [0, 0.1) is 0 Å². The summed E-state index contributed by atoms with van der Waals surface area (Å²) < 4.78 is 3.76. The average Bonchev–Trinajstić information content (AvgIpc) is 3.07. The van der Waals surface area contributed by atoms with Crippen LogP contribution in [-0.4, -0.2) is 36.5 Å². The van der Waals surface area contributed by atoms with Gasteiger partial charge in [0.25, 0.3) is 0 Å². The van der Waals surface area contributed by atoms with Crippen molar-refractivity contribution in [3.05, 3.63) is 30.6 Å². The lowest BCUT2D eigenvalue weighted by Crippen LogP contribution is -2.41. The first-order valence-corrected chi connectivity index (χ1v) is 6.45. The predicted molar refractivity (Wildman–Crippen MR) is 67.1 cm³/mol. The number of rotatable bonds is 4. The summed E-state index contributed by atoms with van der Waals surface area (Å²) >= 11 is 0. The third kappa shape index (κ3) is 2.81. The van der Waals surface area contributed by atoms with Gasteiger partial charge in [0.05, 0.1) is 12.7 Å². The molecule has 2 aromatic rings. The van der Waals surface area contributed by atoms with Gasteiger partial charge in [-0.2, -0.15) is 0 Å². The third-order valence-electron chi connectivity index (χ3n) is 3.34. The van der Waals surface area contributed by atoms with E-state index in [1.165, 1.54) is 0 Å². The number of nitrogens with one attached hydrogen (secondary N) is 1. The molecule has 0 saturated heterocycles. The van der Waals surface area contributed by atoms with Crippen LogP contribution in [0.1, 0.15) is 18.7 Å². The standard InChI is InChI=1S/C12H16N6O/c19-12(3-6-18-8-5-14-16-18)15-10-1-2-11-13-4-7-17(11)9-10/h4-5,7-8,10H,1-3,6,9H2,(H,15,19). The van der Waals surface area contributed by atoms with E-state index in [4.69, 9.17) is 0 Å². The van der Waals surface area contributed by atoms with Gasteiger partial charge in [-0.15, -0.1) is 5.10 Å². The minimum atomic E-state index is 0.0593. The molecule has 100 valence electrons. The minimum absolute atomic E-state index is 0.0593. The normalized spacial score (nSPS) is 18.0. The van der Waals surface area contributed by atoms with Crippen molar-refractivity contribution in [3.8, 4) is 0 Å². The molecule has 0 aromatic carbocycles. The molecule has 2 aromatic heterocycles. The molecule has 0 fully saturated rings. The Bertz CT molecular complexity index is 546. The number of nitrogens with zero attached hydrogens (tertiary/aromatic N) is 5. The average molecular weight is 260 g/mol. The predicted octanol–water partition coefficient (Wildman–Crippen LogP) is -0.00410. The van der Waals surface area contributed by atoms with Crippen molar-refractivity contribution in [2.24, 2.45) is 0 Å². The highest BCUT2D eigenvalue weighted by Crippen LogP contribution is 2.13. The Kier molecular flexibility index (Phi) is 3.26. The summed E-state index contributed by atoms with van der Waals surface area (Å²) in [5.41, 5.74) is 0. The molecule has 1 atom stereocenters. The molecule has 3 rings (SSSR count). The second-order valence-corrected chi connectivity index (χ2v) is 4.72. The molecular formula is C12H16N6O. The first-order chi connectivity index (χ1) is 9.31. The Labute approximate surface area is 110 Å². The SMILES string of the molecule is O=C(CCn1ccnn1)NC1CCc2nccn2C1. The quantitative estimate of drug-likeness (QED) is 0.839. The first kappa shape index (κ1) is 11.9. The molecule has 7 nitrogen and oxygen atoms in total. The van der Waals surface area contributed by atoms with E-state index in [0.29, 0.717) is 13.0 Å². The molecule has 1 amide bonds. The van der Waals surface area contributed by atoms with Crippen molar-refractivity contribution >= 4 is 5.91 Å². The highest BCUT2D eigenvalue weighted by Gasteiger charge is 2.19. The van der Waals surface area contributed by atoms with Crippen molar-refractivity contribution in [1.82, 2.24) is 29.9 Å². The molecule has 1 aliphatic rings. The van der Waals surface area contributed by atoms with Crippen molar-refractivity contribution in [2.75, 3.05) is 0 Å². The van der Waals surface area contributed by atoms with Crippen LogP contribution >= 0.6 is 0 Å². The third-order valence-corrected chi connectivity index (χ3v) is 3.34. The van der Waals surface area contributed by atoms with Crippen molar-refractivity contribution in [1.29, 1.82) is 0 Å². The highest BCUT2D eigenvalue weighted by atomic mass is 16.1. The molecule has 7 heteroatoms. The number of aromatic nitrogens is 5. The summed E-state index contributed by atoms with van der Waals surface area (Å²) in [6.07, 6.45) is 9.43. The summed E-state index contributed by atoms with van der Waals surface area (Å²) in [6, 6.07) is 0.199. The van der Waals surface area contributed by atoms with Gasteiger partial charge in [-0.3, -0.25) is 9.48 Å². The van der Waals surface area contributed by atoms with E-state index in [1.807, 2.05) is 12.4 Å². The van der Waals surface area contributed by atoms with E-state index in [-0.39, 0.29) is 11.9 Å². The maximum absolute atomic E-state index is 11.9. The van der Waals surface area contributed by atoms with Crippen molar-refractivity contribution in [3.63, 3.8) is 0 Å². The van der Waals surface area contributed by atoms with Gasteiger partial charge in [-0.25, -0.2) is 4.98 Å². The van der Waals surface area contributed by atoms with Crippen LogP contribution in [0.4, 0.5) is 0 Å².